The number of nitrogens with zero attached hydrogens (tertiary/aromatic N) is 4. The van der Waals surface area contributed by atoms with Crippen LogP contribution in [0.3, 0.4) is 0 Å². The number of aromatic nitrogens is 2. The second-order valence-electron chi connectivity index (χ2n) is 6.03. The van der Waals surface area contributed by atoms with E-state index in [2.05, 4.69) is 37.8 Å². The molecule has 1 saturated heterocycles. The van der Waals surface area contributed by atoms with E-state index >= 15 is 0 Å². The average Bonchev–Trinajstić information content (AvgIpc) is 3.20. The van der Waals surface area contributed by atoms with Crippen molar-refractivity contribution in [3.8, 4) is 0 Å². The molecule has 132 valence electrons. The van der Waals surface area contributed by atoms with Crippen LogP contribution in [0.4, 0.5) is 0 Å². The van der Waals surface area contributed by atoms with Crippen molar-refractivity contribution in [3.05, 3.63) is 36.3 Å². The Morgan fingerprint density at radius 2 is 2.38 bits per heavy atom. The highest BCUT2D eigenvalue weighted by Gasteiger charge is 2.18. The van der Waals surface area contributed by atoms with Crippen LogP contribution in [0.15, 0.2) is 35.6 Å². The summed E-state index contributed by atoms with van der Waals surface area (Å²) in [5.41, 5.74) is 2.08. The van der Waals surface area contributed by atoms with E-state index in [1.54, 1.807) is 0 Å². The van der Waals surface area contributed by atoms with Crippen LogP contribution < -0.4 is 5.32 Å². The first-order valence-electron chi connectivity index (χ1n) is 8.18. The minimum Gasteiger partial charge on any atom is -0.381 e. The maximum Gasteiger partial charge on any atom is 0.193 e. The van der Waals surface area contributed by atoms with Crippen LogP contribution in [0, 0.1) is 5.92 Å². The maximum absolute atomic E-state index is 5.44. The van der Waals surface area contributed by atoms with Crippen LogP contribution in [0.2, 0.25) is 0 Å². The fraction of sp³-hybridized carbons (Fsp3) is 0.529. The van der Waals surface area contributed by atoms with Gasteiger partial charge >= 0.3 is 0 Å². The minimum absolute atomic E-state index is 0. The number of aliphatic imine (C=N–C) groups is 1. The van der Waals surface area contributed by atoms with E-state index in [9.17, 15) is 0 Å². The first-order chi connectivity index (χ1) is 11.3. The first kappa shape index (κ1) is 19.0. The minimum atomic E-state index is 0. The van der Waals surface area contributed by atoms with Gasteiger partial charge in [0.2, 0.25) is 0 Å². The van der Waals surface area contributed by atoms with E-state index < -0.39 is 0 Å². The molecule has 1 N–H and O–H groups in total. The Morgan fingerprint density at radius 1 is 1.50 bits per heavy atom. The van der Waals surface area contributed by atoms with E-state index in [4.69, 9.17) is 4.74 Å². The molecule has 1 unspecified atom stereocenters. The molecule has 1 aliphatic rings. The van der Waals surface area contributed by atoms with Crippen molar-refractivity contribution in [2.24, 2.45) is 10.9 Å². The largest absolute Gasteiger partial charge is 0.381 e. The predicted octanol–water partition coefficient (Wildman–Crippen LogP) is 2.04. The first-order valence-corrected chi connectivity index (χ1v) is 8.18. The van der Waals surface area contributed by atoms with Gasteiger partial charge in [-0.15, -0.1) is 24.0 Å². The highest BCUT2D eigenvalue weighted by Crippen LogP contribution is 2.13. The Labute approximate surface area is 160 Å². The molecule has 0 amide bonds. The highest BCUT2D eigenvalue weighted by molar-refractivity contribution is 14.0. The van der Waals surface area contributed by atoms with Gasteiger partial charge in [0, 0.05) is 58.5 Å². The fourth-order valence-corrected chi connectivity index (χ4v) is 3.00. The van der Waals surface area contributed by atoms with Gasteiger partial charge in [0.1, 0.15) is 5.65 Å². The highest BCUT2D eigenvalue weighted by atomic mass is 127. The lowest BCUT2D eigenvalue weighted by atomic mass is 10.1. The summed E-state index contributed by atoms with van der Waals surface area (Å²) < 4.78 is 7.49. The third-order valence-corrected chi connectivity index (χ3v) is 4.21. The van der Waals surface area contributed by atoms with Crippen LogP contribution in [0.25, 0.3) is 5.65 Å². The van der Waals surface area contributed by atoms with Crippen molar-refractivity contribution in [1.29, 1.82) is 0 Å². The maximum atomic E-state index is 5.44. The quantitative estimate of drug-likeness (QED) is 0.437. The Hall–Kier alpha value is -1.35. The van der Waals surface area contributed by atoms with Gasteiger partial charge in [0.15, 0.2) is 5.96 Å². The molecule has 1 atom stereocenters. The van der Waals surface area contributed by atoms with Crippen LogP contribution in [0.5, 0.6) is 0 Å². The molecule has 3 rings (SSSR count). The summed E-state index contributed by atoms with van der Waals surface area (Å²) in [5, 5.41) is 3.42. The second-order valence-corrected chi connectivity index (χ2v) is 6.03. The van der Waals surface area contributed by atoms with Gasteiger partial charge in [-0.3, -0.25) is 4.99 Å². The second kappa shape index (κ2) is 9.22. The summed E-state index contributed by atoms with van der Waals surface area (Å²) in [6.07, 6.45) is 6.12. The lowest BCUT2D eigenvalue weighted by Gasteiger charge is -2.24. The molecule has 0 saturated carbocycles. The van der Waals surface area contributed by atoms with E-state index in [1.807, 2.05) is 31.4 Å². The van der Waals surface area contributed by atoms with Crippen molar-refractivity contribution >= 4 is 35.6 Å². The van der Waals surface area contributed by atoms with Crippen LogP contribution >= 0.6 is 24.0 Å². The van der Waals surface area contributed by atoms with Crippen molar-refractivity contribution in [2.45, 2.75) is 12.8 Å². The van der Waals surface area contributed by atoms with Crippen LogP contribution in [-0.2, 0) is 11.2 Å². The lowest BCUT2D eigenvalue weighted by molar-refractivity contribution is 0.181. The van der Waals surface area contributed by atoms with Gasteiger partial charge in [0.05, 0.1) is 12.3 Å². The predicted molar refractivity (Wildman–Crippen MR) is 107 cm³/mol. The molecule has 0 bridgehead atoms. The zero-order valence-corrected chi connectivity index (χ0v) is 16.6. The fourth-order valence-electron chi connectivity index (χ4n) is 3.00. The number of nitrogens with one attached hydrogen (secondary N) is 1. The molecule has 2 aromatic heterocycles. The summed E-state index contributed by atoms with van der Waals surface area (Å²) >= 11 is 0. The smallest absolute Gasteiger partial charge is 0.193 e. The normalized spacial score (nSPS) is 17.8. The standard InChI is InChI=1S/C17H25N5O.HI/c1-18-17(21(2)11-14-7-10-23-13-14)19-8-6-15-12-22-9-4-3-5-16(22)20-15;/h3-5,9,12,14H,6-8,10-11,13H2,1-2H3,(H,18,19);1H. The molecule has 6 nitrogen and oxygen atoms in total. The molecule has 0 aliphatic carbocycles. The molecule has 3 heterocycles. The number of rotatable bonds is 5. The number of hydrogen-bond donors (Lipinski definition) is 1. The number of halogens is 1. The molecule has 1 fully saturated rings. The summed E-state index contributed by atoms with van der Waals surface area (Å²) in [7, 11) is 3.91. The molecule has 1 aliphatic heterocycles. The van der Waals surface area contributed by atoms with E-state index in [0.29, 0.717) is 5.92 Å². The number of pyridine rings is 1. The van der Waals surface area contributed by atoms with Gasteiger partial charge in [-0.25, -0.2) is 4.98 Å². The topological polar surface area (TPSA) is 54.2 Å². The molecular weight excluding hydrogens is 417 g/mol. The average molecular weight is 443 g/mol. The van der Waals surface area contributed by atoms with Gasteiger partial charge in [-0.1, -0.05) is 6.07 Å². The number of fused-ring (bicyclic) bond motifs is 1. The van der Waals surface area contributed by atoms with Gasteiger partial charge in [-0.05, 0) is 18.6 Å². The zero-order valence-electron chi connectivity index (χ0n) is 14.3. The molecule has 7 heteroatoms. The molecule has 2 aromatic rings. The number of guanidine groups is 1. The van der Waals surface area contributed by atoms with E-state index in [0.717, 1.165) is 56.4 Å². The SMILES string of the molecule is CN=C(NCCc1cn2ccccc2n1)N(C)CC1CCOC1.I. The molecule has 24 heavy (non-hydrogen) atoms. The third kappa shape index (κ3) is 4.83. The summed E-state index contributed by atoms with van der Waals surface area (Å²) in [5.74, 6) is 1.54. The molecule has 0 spiro atoms. The zero-order chi connectivity index (χ0) is 16.1. The molecular formula is C17H26IN5O. The van der Waals surface area contributed by atoms with Gasteiger partial charge < -0.3 is 19.4 Å². The van der Waals surface area contributed by atoms with E-state index in [1.165, 1.54) is 0 Å². The Balaban J connectivity index is 0.00000208. The van der Waals surface area contributed by atoms with Crippen LogP contribution in [0.1, 0.15) is 12.1 Å². The van der Waals surface area contributed by atoms with Crippen molar-refractivity contribution in [3.63, 3.8) is 0 Å². The lowest BCUT2D eigenvalue weighted by Crippen LogP contribution is -2.42. The summed E-state index contributed by atoms with van der Waals surface area (Å²) in [6.45, 7) is 3.55. The Kier molecular flexibility index (Phi) is 7.29. The molecule has 0 aromatic carbocycles. The number of ether oxygens (including phenoxy) is 1. The van der Waals surface area contributed by atoms with Crippen LogP contribution in [-0.4, -0.2) is 60.6 Å². The summed E-state index contributed by atoms with van der Waals surface area (Å²) in [4.78, 5) is 11.2. The Morgan fingerprint density at radius 3 is 3.08 bits per heavy atom. The van der Waals surface area contributed by atoms with Gasteiger partial charge in [-0.2, -0.15) is 0 Å². The van der Waals surface area contributed by atoms with Crippen molar-refractivity contribution < 1.29 is 4.74 Å². The third-order valence-electron chi connectivity index (χ3n) is 4.21. The van der Waals surface area contributed by atoms with Gasteiger partial charge in [0.25, 0.3) is 0 Å². The number of hydrogen-bond acceptors (Lipinski definition) is 3. The molecule has 0 radical (unpaired) electrons. The summed E-state index contributed by atoms with van der Waals surface area (Å²) in [6, 6.07) is 6.04. The van der Waals surface area contributed by atoms with Crippen molar-refractivity contribution in [1.82, 2.24) is 19.6 Å². The van der Waals surface area contributed by atoms with E-state index in [-0.39, 0.29) is 24.0 Å². The van der Waals surface area contributed by atoms with Crippen molar-refractivity contribution in [2.75, 3.05) is 40.4 Å². The number of imidazole rings is 1. The monoisotopic (exact) mass is 443 g/mol. The Bertz CT molecular complexity index is 633.